The average Bonchev–Trinajstić information content (AvgIpc) is 1.95. The van der Waals surface area contributed by atoms with Crippen molar-refractivity contribution < 1.29 is 0 Å². The van der Waals surface area contributed by atoms with Crippen molar-refractivity contribution in [2.45, 2.75) is 13.3 Å². The van der Waals surface area contributed by atoms with E-state index in [1.165, 1.54) is 9.13 Å². The molecule has 1 radical (unpaired) electrons. The highest BCUT2D eigenvalue weighted by Gasteiger charge is 1.89. The quantitative estimate of drug-likeness (QED) is 0.701. The summed E-state index contributed by atoms with van der Waals surface area (Å²) in [4.78, 5) is 0. The molecule has 0 aliphatic carbocycles. The predicted octanol–water partition coefficient (Wildman–Crippen LogP) is 3.25. The molecule has 0 amide bonds. The van der Waals surface area contributed by atoms with Crippen molar-refractivity contribution in [3.63, 3.8) is 0 Å². The van der Waals surface area contributed by atoms with Gasteiger partial charge < -0.3 is 0 Å². The molecule has 0 heterocycles. The summed E-state index contributed by atoms with van der Waals surface area (Å²) in [5, 5.41) is 0. The Hall–Kier alpha value is -0.0500. The maximum Gasteiger partial charge on any atom is 0.0130 e. The van der Waals surface area contributed by atoms with Gasteiger partial charge in [0.05, 0.1) is 0 Å². The van der Waals surface area contributed by atoms with Crippen LogP contribution in [0.25, 0.3) is 0 Å². The van der Waals surface area contributed by atoms with Crippen molar-refractivity contribution in [3.8, 4) is 0 Å². The molecule has 0 aliphatic rings. The second-order valence-electron chi connectivity index (χ2n) is 2.16. The molecule has 1 aromatic carbocycles. The summed E-state index contributed by atoms with van der Waals surface area (Å²) in [6.45, 7) is 2.15. The number of rotatable bonds is 2. The van der Waals surface area contributed by atoms with Gasteiger partial charge in [-0.25, -0.2) is 0 Å². The fraction of sp³-hybridized carbons (Fsp3) is 0.222. The van der Waals surface area contributed by atoms with E-state index in [2.05, 4.69) is 60.2 Å². The fourth-order valence-corrected chi connectivity index (χ4v) is 1.19. The molecule has 0 fully saturated rings. The molecule has 10 heavy (non-hydrogen) atoms. The Morgan fingerprint density at radius 3 is 2.40 bits per heavy atom. The maximum atomic E-state index is 2.31. The monoisotopic (exact) mass is 245 g/mol. The van der Waals surface area contributed by atoms with Crippen molar-refractivity contribution in [1.82, 2.24) is 0 Å². The van der Waals surface area contributed by atoms with Gasteiger partial charge in [-0.2, -0.15) is 0 Å². The first-order valence-electron chi connectivity index (χ1n) is 3.41. The van der Waals surface area contributed by atoms with Crippen LogP contribution in [-0.2, 0) is 0 Å². The molecule has 0 nitrogen and oxygen atoms in total. The van der Waals surface area contributed by atoms with Gasteiger partial charge in [-0.05, 0) is 53.1 Å². The first kappa shape index (κ1) is 8.05. The van der Waals surface area contributed by atoms with Crippen LogP contribution in [0.1, 0.15) is 18.9 Å². The molecule has 0 saturated carbocycles. The molecule has 1 rings (SSSR count). The van der Waals surface area contributed by atoms with Crippen LogP contribution < -0.4 is 0 Å². The SMILES string of the molecule is CC[CH]c1ccc(I)cc1. The first-order valence-corrected chi connectivity index (χ1v) is 4.49. The maximum absolute atomic E-state index is 2.31. The molecule has 1 aromatic rings. The smallest absolute Gasteiger partial charge is 0.0130 e. The van der Waals surface area contributed by atoms with E-state index in [4.69, 9.17) is 0 Å². The van der Waals surface area contributed by atoms with E-state index in [1.54, 1.807) is 0 Å². The fourth-order valence-electron chi connectivity index (χ4n) is 0.835. The van der Waals surface area contributed by atoms with Crippen LogP contribution in [0.4, 0.5) is 0 Å². The molecule has 1 heteroatoms. The lowest BCUT2D eigenvalue weighted by molar-refractivity contribution is 1.12. The predicted molar refractivity (Wildman–Crippen MR) is 52.9 cm³/mol. The minimum atomic E-state index is 1.11. The van der Waals surface area contributed by atoms with Crippen LogP contribution in [0.15, 0.2) is 24.3 Å². The van der Waals surface area contributed by atoms with Crippen molar-refractivity contribution in [2.24, 2.45) is 0 Å². The molecule has 0 unspecified atom stereocenters. The van der Waals surface area contributed by atoms with Crippen molar-refractivity contribution >= 4 is 22.6 Å². The van der Waals surface area contributed by atoms with Crippen LogP contribution in [0.3, 0.4) is 0 Å². The topological polar surface area (TPSA) is 0 Å². The highest BCUT2D eigenvalue weighted by Crippen LogP contribution is 2.09. The second-order valence-corrected chi connectivity index (χ2v) is 3.41. The number of benzene rings is 1. The van der Waals surface area contributed by atoms with E-state index in [-0.39, 0.29) is 0 Å². The normalized spacial score (nSPS) is 9.80. The molecular formula is C9H10I. The molecular weight excluding hydrogens is 235 g/mol. The Kier molecular flexibility index (Phi) is 3.19. The summed E-state index contributed by atoms with van der Waals surface area (Å²) in [5.41, 5.74) is 1.32. The van der Waals surface area contributed by atoms with Crippen LogP contribution >= 0.6 is 22.6 Å². The van der Waals surface area contributed by atoms with Crippen molar-refractivity contribution in [3.05, 3.63) is 39.8 Å². The molecule has 53 valence electrons. The Bertz CT molecular complexity index is 188. The minimum Gasteiger partial charge on any atom is -0.0648 e. The lowest BCUT2D eigenvalue weighted by Gasteiger charge is -1.95. The van der Waals surface area contributed by atoms with Gasteiger partial charge in [0.1, 0.15) is 0 Å². The van der Waals surface area contributed by atoms with Crippen LogP contribution in [0.2, 0.25) is 0 Å². The summed E-state index contributed by atoms with van der Waals surface area (Å²) < 4.78 is 1.30. The average molecular weight is 245 g/mol. The summed E-state index contributed by atoms with van der Waals surface area (Å²) in [6.07, 6.45) is 3.33. The molecule has 0 aromatic heterocycles. The van der Waals surface area contributed by atoms with E-state index < -0.39 is 0 Å². The zero-order valence-electron chi connectivity index (χ0n) is 5.97. The summed E-state index contributed by atoms with van der Waals surface area (Å²) in [7, 11) is 0. The zero-order valence-corrected chi connectivity index (χ0v) is 8.13. The van der Waals surface area contributed by atoms with Gasteiger partial charge in [-0.1, -0.05) is 19.1 Å². The van der Waals surface area contributed by atoms with Gasteiger partial charge in [0.2, 0.25) is 0 Å². The van der Waals surface area contributed by atoms with Gasteiger partial charge in [0.15, 0.2) is 0 Å². The number of hydrogen-bond acceptors (Lipinski definition) is 0. The van der Waals surface area contributed by atoms with E-state index in [0.717, 1.165) is 6.42 Å². The third-order valence-corrected chi connectivity index (χ3v) is 2.03. The molecule has 0 bridgehead atoms. The lowest BCUT2D eigenvalue weighted by Crippen LogP contribution is -1.78. The number of hydrogen-bond donors (Lipinski definition) is 0. The molecule has 0 saturated heterocycles. The minimum absolute atomic E-state index is 1.11. The Morgan fingerprint density at radius 2 is 1.90 bits per heavy atom. The van der Waals surface area contributed by atoms with Crippen molar-refractivity contribution in [2.75, 3.05) is 0 Å². The van der Waals surface area contributed by atoms with E-state index in [9.17, 15) is 0 Å². The summed E-state index contributed by atoms with van der Waals surface area (Å²) >= 11 is 2.31. The molecule has 0 spiro atoms. The zero-order chi connectivity index (χ0) is 7.40. The third kappa shape index (κ3) is 2.29. The Morgan fingerprint density at radius 1 is 1.30 bits per heavy atom. The van der Waals surface area contributed by atoms with E-state index >= 15 is 0 Å². The van der Waals surface area contributed by atoms with Crippen LogP contribution in [-0.4, -0.2) is 0 Å². The molecule has 0 N–H and O–H groups in total. The van der Waals surface area contributed by atoms with Gasteiger partial charge in [0, 0.05) is 3.57 Å². The highest BCUT2D eigenvalue weighted by atomic mass is 127. The van der Waals surface area contributed by atoms with Crippen LogP contribution in [0, 0.1) is 9.99 Å². The van der Waals surface area contributed by atoms with Crippen LogP contribution in [0.5, 0.6) is 0 Å². The van der Waals surface area contributed by atoms with Crippen molar-refractivity contribution in [1.29, 1.82) is 0 Å². The Balaban J connectivity index is 2.69. The largest absolute Gasteiger partial charge is 0.0648 e. The Labute approximate surface area is 75.8 Å². The van der Waals surface area contributed by atoms with E-state index in [1.807, 2.05) is 0 Å². The van der Waals surface area contributed by atoms with Gasteiger partial charge in [0.25, 0.3) is 0 Å². The van der Waals surface area contributed by atoms with Gasteiger partial charge in [-0.3, -0.25) is 0 Å². The first-order chi connectivity index (χ1) is 4.83. The van der Waals surface area contributed by atoms with Gasteiger partial charge >= 0.3 is 0 Å². The number of halogens is 1. The third-order valence-electron chi connectivity index (χ3n) is 1.31. The van der Waals surface area contributed by atoms with E-state index in [0.29, 0.717) is 0 Å². The van der Waals surface area contributed by atoms with Gasteiger partial charge in [-0.15, -0.1) is 0 Å². The summed E-state index contributed by atoms with van der Waals surface area (Å²) in [6, 6.07) is 8.54. The molecule has 0 aliphatic heterocycles. The molecule has 0 atom stereocenters. The second kappa shape index (κ2) is 3.96. The highest BCUT2D eigenvalue weighted by molar-refractivity contribution is 14.1. The lowest BCUT2D eigenvalue weighted by atomic mass is 10.1. The standard InChI is InChI=1S/C9H10I/c1-2-3-8-4-6-9(10)7-5-8/h3-7H,2H2,1H3. The summed E-state index contributed by atoms with van der Waals surface area (Å²) in [5.74, 6) is 0.